The van der Waals surface area contributed by atoms with Crippen LogP contribution in [0.5, 0.6) is 5.75 Å². The van der Waals surface area contributed by atoms with Crippen LogP contribution < -0.4 is 4.74 Å². The van der Waals surface area contributed by atoms with E-state index in [2.05, 4.69) is 19.1 Å². The molecule has 100 valence electrons. The fourth-order valence-electron chi connectivity index (χ4n) is 1.73. The minimum Gasteiger partial charge on any atom is -0.491 e. The van der Waals surface area contributed by atoms with E-state index in [1.165, 1.54) is 18.4 Å². The maximum atomic E-state index is 10.4. The Labute approximate surface area is 109 Å². The van der Waals surface area contributed by atoms with Gasteiger partial charge in [0.2, 0.25) is 0 Å². The molecule has 0 fully saturated rings. The summed E-state index contributed by atoms with van der Waals surface area (Å²) in [7, 11) is 0. The number of aliphatic carboxylic acids is 1. The van der Waals surface area contributed by atoms with E-state index in [1.54, 1.807) is 0 Å². The molecule has 1 unspecified atom stereocenters. The predicted molar refractivity (Wildman–Crippen MR) is 72.0 cm³/mol. The number of carboxylic acid groups (broad SMARTS) is 1. The lowest BCUT2D eigenvalue weighted by molar-refractivity contribution is -0.137. The molecule has 0 aliphatic carbocycles. The number of hydrogen-bond acceptors (Lipinski definition) is 2. The lowest BCUT2D eigenvalue weighted by atomic mass is 10.1. The largest absolute Gasteiger partial charge is 0.491 e. The van der Waals surface area contributed by atoms with Crippen molar-refractivity contribution in [1.29, 1.82) is 0 Å². The zero-order valence-corrected chi connectivity index (χ0v) is 11.2. The van der Waals surface area contributed by atoms with Crippen LogP contribution in [0, 0.1) is 0 Å². The van der Waals surface area contributed by atoms with E-state index < -0.39 is 5.97 Å². The molecule has 0 aromatic heterocycles. The highest BCUT2D eigenvalue weighted by Gasteiger charge is 2.06. The van der Waals surface area contributed by atoms with Gasteiger partial charge in [0.05, 0.1) is 6.10 Å². The number of hydrogen-bond donors (Lipinski definition) is 1. The molecule has 1 atom stereocenters. The predicted octanol–water partition coefficient (Wildman–Crippen LogP) is 3.66. The zero-order chi connectivity index (χ0) is 13.4. The highest BCUT2D eigenvalue weighted by atomic mass is 16.5. The molecule has 0 saturated carbocycles. The van der Waals surface area contributed by atoms with Crippen molar-refractivity contribution in [3.05, 3.63) is 29.8 Å². The van der Waals surface area contributed by atoms with Gasteiger partial charge < -0.3 is 9.84 Å². The first-order valence-electron chi connectivity index (χ1n) is 6.59. The first kappa shape index (κ1) is 14.6. The van der Waals surface area contributed by atoms with Gasteiger partial charge in [-0.25, -0.2) is 0 Å². The Morgan fingerprint density at radius 1 is 1.33 bits per heavy atom. The van der Waals surface area contributed by atoms with Crippen molar-refractivity contribution in [3.63, 3.8) is 0 Å². The van der Waals surface area contributed by atoms with E-state index in [-0.39, 0.29) is 12.5 Å². The van der Waals surface area contributed by atoms with Gasteiger partial charge in [0.15, 0.2) is 0 Å². The molecular formula is C15H22O3. The molecular weight excluding hydrogens is 228 g/mol. The van der Waals surface area contributed by atoms with Crippen molar-refractivity contribution in [1.82, 2.24) is 0 Å². The summed E-state index contributed by atoms with van der Waals surface area (Å²) in [5.74, 6) is 0.0356. The highest BCUT2D eigenvalue weighted by Crippen LogP contribution is 2.16. The SMILES string of the molecule is CCCCc1ccc(OC(C)CCC(=O)O)cc1. The number of unbranched alkanes of at least 4 members (excludes halogenated alkanes) is 1. The van der Waals surface area contributed by atoms with Gasteiger partial charge in [-0.05, 0) is 43.9 Å². The molecule has 18 heavy (non-hydrogen) atoms. The van der Waals surface area contributed by atoms with E-state index in [4.69, 9.17) is 9.84 Å². The van der Waals surface area contributed by atoms with Crippen LogP contribution >= 0.6 is 0 Å². The van der Waals surface area contributed by atoms with E-state index >= 15 is 0 Å². The standard InChI is InChI=1S/C15H22O3/c1-3-4-5-13-7-9-14(10-8-13)18-12(2)6-11-15(16)17/h7-10,12H,3-6,11H2,1-2H3,(H,16,17). The monoisotopic (exact) mass is 250 g/mol. The van der Waals surface area contributed by atoms with E-state index in [9.17, 15) is 4.79 Å². The number of carboxylic acids is 1. The van der Waals surface area contributed by atoms with Crippen LogP contribution in [0.4, 0.5) is 0 Å². The first-order valence-corrected chi connectivity index (χ1v) is 6.59. The van der Waals surface area contributed by atoms with Crippen LogP contribution in [0.1, 0.15) is 45.1 Å². The Hall–Kier alpha value is -1.51. The Morgan fingerprint density at radius 2 is 2.00 bits per heavy atom. The summed E-state index contributed by atoms with van der Waals surface area (Å²) in [5.41, 5.74) is 1.32. The van der Waals surface area contributed by atoms with Gasteiger partial charge in [0.25, 0.3) is 0 Å². The second-order valence-electron chi connectivity index (χ2n) is 4.61. The van der Waals surface area contributed by atoms with E-state index in [1.807, 2.05) is 19.1 Å². The summed E-state index contributed by atoms with van der Waals surface area (Å²) >= 11 is 0. The van der Waals surface area contributed by atoms with Crippen LogP contribution in [0.15, 0.2) is 24.3 Å². The van der Waals surface area contributed by atoms with Gasteiger partial charge in [-0.3, -0.25) is 4.79 Å². The molecule has 0 radical (unpaired) electrons. The fraction of sp³-hybridized carbons (Fsp3) is 0.533. The van der Waals surface area contributed by atoms with E-state index in [0.29, 0.717) is 6.42 Å². The Balaban J connectivity index is 2.40. The van der Waals surface area contributed by atoms with Gasteiger partial charge in [-0.1, -0.05) is 25.5 Å². The van der Waals surface area contributed by atoms with Crippen molar-refractivity contribution in [2.45, 2.75) is 52.1 Å². The highest BCUT2D eigenvalue weighted by molar-refractivity contribution is 5.66. The van der Waals surface area contributed by atoms with Crippen LogP contribution in [-0.2, 0) is 11.2 Å². The van der Waals surface area contributed by atoms with E-state index in [0.717, 1.165) is 12.2 Å². The molecule has 0 aliphatic rings. The lowest BCUT2D eigenvalue weighted by Crippen LogP contribution is -2.13. The molecule has 1 aromatic carbocycles. The molecule has 0 aliphatic heterocycles. The molecule has 0 bridgehead atoms. The van der Waals surface area contributed by atoms with Crippen LogP contribution in [-0.4, -0.2) is 17.2 Å². The van der Waals surface area contributed by atoms with Crippen molar-refractivity contribution in [2.75, 3.05) is 0 Å². The fourth-order valence-corrected chi connectivity index (χ4v) is 1.73. The third-order valence-electron chi connectivity index (χ3n) is 2.84. The molecule has 0 spiro atoms. The van der Waals surface area contributed by atoms with Gasteiger partial charge >= 0.3 is 5.97 Å². The molecule has 0 heterocycles. The smallest absolute Gasteiger partial charge is 0.303 e. The topological polar surface area (TPSA) is 46.5 Å². The third-order valence-corrected chi connectivity index (χ3v) is 2.84. The van der Waals surface area contributed by atoms with Gasteiger partial charge in [0, 0.05) is 6.42 Å². The molecule has 0 amide bonds. The Kier molecular flexibility index (Phi) is 6.26. The maximum absolute atomic E-state index is 10.4. The summed E-state index contributed by atoms with van der Waals surface area (Å²) in [6.07, 6.45) is 4.12. The summed E-state index contributed by atoms with van der Waals surface area (Å²) in [4.78, 5) is 10.4. The molecule has 1 rings (SSSR count). The molecule has 3 nitrogen and oxygen atoms in total. The molecule has 1 N–H and O–H groups in total. The number of benzene rings is 1. The average Bonchev–Trinajstić information content (AvgIpc) is 2.35. The summed E-state index contributed by atoms with van der Waals surface area (Å²) in [6, 6.07) is 8.08. The van der Waals surface area contributed by atoms with Gasteiger partial charge in [0.1, 0.15) is 5.75 Å². The molecule has 0 saturated heterocycles. The lowest BCUT2D eigenvalue weighted by Gasteiger charge is -2.14. The van der Waals surface area contributed by atoms with Crippen molar-refractivity contribution in [3.8, 4) is 5.75 Å². The van der Waals surface area contributed by atoms with Crippen molar-refractivity contribution < 1.29 is 14.6 Å². The minimum atomic E-state index is -0.777. The average molecular weight is 250 g/mol. The number of ether oxygens (including phenoxy) is 1. The second-order valence-corrected chi connectivity index (χ2v) is 4.61. The molecule has 3 heteroatoms. The summed E-state index contributed by atoms with van der Waals surface area (Å²) < 4.78 is 5.66. The number of rotatable bonds is 8. The third kappa shape index (κ3) is 5.71. The van der Waals surface area contributed by atoms with Gasteiger partial charge in [-0.15, -0.1) is 0 Å². The summed E-state index contributed by atoms with van der Waals surface area (Å²) in [6.45, 7) is 4.08. The number of aryl methyl sites for hydroxylation is 1. The van der Waals surface area contributed by atoms with Crippen LogP contribution in [0.2, 0.25) is 0 Å². The normalized spacial score (nSPS) is 12.1. The maximum Gasteiger partial charge on any atom is 0.303 e. The van der Waals surface area contributed by atoms with Gasteiger partial charge in [-0.2, -0.15) is 0 Å². The quantitative estimate of drug-likeness (QED) is 0.765. The Bertz CT molecular complexity index is 357. The Morgan fingerprint density at radius 3 is 2.56 bits per heavy atom. The van der Waals surface area contributed by atoms with Crippen molar-refractivity contribution in [2.24, 2.45) is 0 Å². The second kappa shape index (κ2) is 7.75. The first-order chi connectivity index (χ1) is 8.61. The summed E-state index contributed by atoms with van der Waals surface area (Å²) in [5, 5.41) is 8.59. The molecule has 1 aromatic rings. The minimum absolute atomic E-state index is 0.0670. The zero-order valence-electron chi connectivity index (χ0n) is 11.2. The van der Waals surface area contributed by atoms with Crippen LogP contribution in [0.3, 0.4) is 0 Å². The van der Waals surface area contributed by atoms with Crippen LogP contribution in [0.25, 0.3) is 0 Å². The van der Waals surface area contributed by atoms with Crippen molar-refractivity contribution >= 4 is 5.97 Å². The number of carbonyl (C=O) groups is 1.